The van der Waals surface area contributed by atoms with Gasteiger partial charge in [0.15, 0.2) is 17.3 Å². The summed E-state index contributed by atoms with van der Waals surface area (Å²) in [5, 5.41) is 6.80. The van der Waals surface area contributed by atoms with Crippen molar-refractivity contribution in [1.29, 1.82) is 0 Å². The minimum absolute atomic E-state index is 0.0789. The Balaban J connectivity index is 1.18. The normalized spacial score (nSPS) is 15.2. The van der Waals surface area contributed by atoms with Crippen LogP contribution in [0.3, 0.4) is 0 Å². The van der Waals surface area contributed by atoms with Gasteiger partial charge in [0.05, 0.1) is 0 Å². The Labute approximate surface area is 238 Å². The minimum Gasteiger partial charge on any atom is -0.454 e. The molecule has 0 atom stereocenters. The van der Waals surface area contributed by atoms with E-state index in [1.54, 1.807) is 12.3 Å². The summed E-state index contributed by atoms with van der Waals surface area (Å²) in [4.78, 5) is 36.9. The van der Waals surface area contributed by atoms with Crippen LogP contribution in [-0.2, 0) is 19.4 Å². The smallest absolute Gasteiger partial charge is 0.317 e. The molecule has 3 N–H and O–H groups in total. The number of urea groups is 1. The van der Waals surface area contributed by atoms with Crippen LogP contribution in [-0.4, -0.2) is 91.2 Å². The van der Waals surface area contributed by atoms with Crippen LogP contribution in [0.25, 0.3) is 0 Å². The van der Waals surface area contributed by atoms with Gasteiger partial charge in [-0.15, -0.1) is 11.3 Å². The molecule has 2 aromatic heterocycles. The molecule has 0 spiro atoms. The number of rotatable bonds is 11. The quantitative estimate of drug-likeness (QED) is 0.342. The number of amides is 2. The van der Waals surface area contributed by atoms with E-state index in [0.29, 0.717) is 37.4 Å². The first-order valence-corrected chi connectivity index (χ1v) is 14.5. The number of Topliss-reactive ketones (excluding diaryl/α,β-unsaturated/α-hetero) is 1. The second-order valence-corrected chi connectivity index (χ2v) is 11.0. The Morgan fingerprint density at radius 2 is 1.88 bits per heavy atom. The first-order chi connectivity index (χ1) is 19.4. The summed E-state index contributed by atoms with van der Waals surface area (Å²) >= 11 is 1.48. The predicted molar refractivity (Wildman–Crippen MR) is 155 cm³/mol. The molecule has 0 aliphatic carbocycles. The Bertz CT molecular complexity index is 1310. The zero-order chi connectivity index (χ0) is 27.9. The van der Waals surface area contributed by atoms with Gasteiger partial charge in [0.2, 0.25) is 6.79 Å². The molecule has 2 aliphatic rings. The molecule has 5 rings (SSSR count). The van der Waals surface area contributed by atoms with Crippen molar-refractivity contribution in [2.75, 3.05) is 65.4 Å². The number of nitrogen functional groups attached to an aromatic ring is 1. The molecule has 0 unspecified atom stereocenters. The second kappa shape index (κ2) is 13.1. The van der Waals surface area contributed by atoms with E-state index in [2.05, 4.69) is 27.1 Å². The fourth-order valence-corrected chi connectivity index (χ4v) is 5.50. The number of benzene rings is 1. The lowest BCUT2D eigenvalue weighted by Crippen LogP contribution is -2.49. The predicted octanol–water partition coefficient (Wildman–Crippen LogP) is 2.88. The Hall–Kier alpha value is -3.67. The summed E-state index contributed by atoms with van der Waals surface area (Å²) in [6.45, 7) is 6.57. The number of thiophene rings is 1. The van der Waals surface area contributed by atoms with Crippen LogP contribution < -0.4 is 20.5 Å². The Morgan fingerprint density at radius 1 is 1.07 bits per heavy atom. The van der Waals surface area contributed by atoms with Crippen LogP contribution in [0.4, 0.5) is 10.5 Å². The van der Waals surface area contributed by atoms with Crippen LogP contribution in [0.1, 0.15) is 27.2 Å². The molecule has 4 heterocycles. The van der Waals surface area contributed by atoms with Gasteiger partial charge in [-0.3, -0.25) is 14.7 Å². The third-order valence-corrected chi connectivity index (χ3v) is 8.12. The van der Waals surface area contributed by atoms with Gasteiger partial charge in [-0.25, -0.2) is 4.79 Å². The summed E-state index contributed by atoms with van der Waals surface area (Å²) in [6.07, 6.45) is 2.60. The van der Waals surface area contributed by atoms with Gasteiger partial charge in [-0.2, -0.15) is 0 Å². The number of piperazine rings is 1. The second-order valence-electron chi connectivity index (χ2n) is 10.2. The number of anilines is 1. The van der Waals surface area contributed by atoms with Gasteiger partial charge in [0.1, 0.15) is 5.69 Å². The summed E-state index contributed by atoms with van der Waals surface area (Å²) in [5.41, 5.74) is 9.73. The fourth-order valence-electron chi connectivity index (χ4n) is 4.75. The number of pyridine rings is 1. The average molecular weight is 565 g/mol. The molecule has 2 amide bonds. The molecule has 1 saturated heterocycles. The third-order valence-electron chi connectivity index (χ3n) is 7.31. The number of ketones is 1. The van der Waals surface area contributed by atoms with Crippen molar-refractivity contribution >= 4 is 28.8 Å². The number of fused-ring (bicyclic) bond motifs is 1. The highest BCUT2D eigenvalue weighted by molar-refractivity contribution is 7.08. The van der Waals surface area contributed by atoms with Gasteiger partial charge in [0.25, 0.3) is 0 Å². The Kier molecular flexibility index (Phi) is 9.15. The number of nitrogens with two attached hydrogens (primary N) is 1. The molecule has 0 bridgehead atoms. The maximum absolute atomic E-state index is 13.3. The highest BCUT2D eigenvalue weighted by Crippen LogP contribution is 2.32. The van der Waals surface area contributed by atoms with Crippen molar-refractivity contribution in [3.05, 3.63) is 69.7 Å². The molecule has 40 heavy (non-hydrogen) atoms. The number of nitrogens with zero attached hydrogens (tertiary/aromatic N) is 4. The molecule has 11 heteroatoms. The largest absolute Gasteiger partial charge is 0.454 e. The van der Waals surface area contributed by atoms with Gasteiger partial charge in [0, 0.05) is 76.0 Å². The van der Waals surface area contributed by atoms with Crippen molar-refractivity contribution in [2.45, 2.75) is 19.4 Å². The van der Waals surface area contributed by atoms with E-state index < -0.39 is 0 Å². The zero-order valence-corrected chi connectivity index (χ0v) is 23.6. The summed E-state index contributed by atoms with van der Waals surface area (Å²) in [7, 11) is 2.13. The maximum atomic E-state index is 13.3. The standard InChI is InChI=1S/C29H36N6O4S/c1-33-8-10-34(11-9-33)12-13-35(29(37)31-7-6-21-3-5-27-28(14-21)39-20-38-27)17-22-2-4-25(32-16-22)26(36)15-23-18-40-19-24(23)30/h2-5,14,16,18-19H,6-13,15,17,20,30H2,1H3,(H,31,37). The van der Waals surface area contributed by atoms with Gasteiger partial charge in [-0.1, -0.05) is 12.1 Å². The van der Waals surface area contributed by atoms with Crippen molar-refractivity contribution in [1.82, 2.24) is 25.0 Å². The van der Waals surface area contributed by atoms with Crippen LogP contribution >= 0.6 is 11.3 Å². The molecule has 1 aromatic carbocycles. The highest BCUT2D eigenvalue weighted by atomic mass is 32.1. The third kappa shape index (κ3) is 7.29. The molecule has 2 aliphatic heterocycles. The fraction of sp³-hybridized carbons (Fsp3) is 0.414. The van der Waals surface area contributed by atoms with Crippen molar-refractivity contribution < 1.29 is 19.1 Å². The van der Waals surface area contributed by atoms with Crippen molar-refractivity contribution in [2.24, 2.45) is 0 Å². The molecule has 212 valence electrons. The van der Waals surface area contributed by atoms with Crippen LogP contribution in [0.15, 0.2) is 47.3 Å². The van der Waals surface area contributed by atoms with E-state index in [1.807, 2.05) is 39.9 Å². The van der Waals surface area contributed by atoms with E-state index in [0.717, 1.165) is 60.9 Å². The SMILES string of the molecule is CN1CCN(CCN(Cc2ccc(C(=O)Cc3cscc3N)nc2)C(=O)NCCc2ccc3c(c2)OCO3)CC1. The lowest BCUT2D eigenvalue weighted by atomic mass is 10.1. The first-order valence-electron chi connectivity index (χ1n) is 13.6. The number of hydrogen-bond acceptors (Lipinski definition) is 9. The van der Waals surface area contributed by atoms with E-state index in [4.69, 9.17) is 15.2 Å². The van der Waals surface area contributed by atoms with E-state index >= 15 is 0 Å². The monoisotopic (exact) mass is 564 g/mol. The number of nitrogens with one attached hydrogen (secondary N) is 1. The summed E-state index contributed by atoms with van der Waals surface area (Å²) in [5.74, 6) is 1.41. The highest BCUT2D eigenvalue weighted by Gasteiger charge is 2.19. The number of carbonyl (C=O) groups excluding carboxylic acids is 2. The van der Waals surface area contributed by atoms with Crippen molar-refractivity contribution in [3.63, 3.8) is 0 Å². The first kappa shape index (κ1) is 27.9. The number of ether oxygens (including phenoxy) is 2. The van der Waals surface area contributed by atoms with E-state index in [1.165, 1.54) is 11.3 Å². The van der Waals surface area contributed by atoms with E-state index in [9.17, 15) is 9.59 Å². The van der Waals surface area contributed by atoms with Gasteiger partial charge in [-0.05, 0) is 53.7 Å². The molecular formula is C29H36N6O4S. The molecule has 3 aromatic rings. The van der Waals surface area contributed by atoms with Crippen molar-refractivity contribution in [3.8, 4) is 11.5 Å². The van der Waals surface area contributed by atoms with Gasteiger partial charge < -0.3 is 30.3 Å². The van der Waals surface area contributed by atoms with Crippen LogP contribution in [0, 0.1) is 0 Å². The Morgan fingerprint density at radius 3 is 2.62 bits per heavy atom. The maximum Gasteiger partial charge on any atom is 0.317 e. The molecule has 0 saturated carbocycles. The van der Waals surface area contributed by atoms with E-state index in [-0.39, 0.29) is 25.0 Å². The lowest BCUT2D eigenvalue weighted by Gasteiger charge is -2.34. The lowest BCUT2D eigenvalue weighted by molar-refractivity contribution is 0.0988. The zero-order valence-electron chi connectivity index (χ0n) is 22.8. The topological polar surface area (TPSA) is 113 Å². The summed E-state index contributed by atoms with van der Waals surface area (Å²) < 4.78 is 10.8. The molecule has 10 nitrogen and oxygen atoms in total. The minimum atomic E-state index is -0.122. The summed E-state index contributed by atoms with van der Waals surface area (Å²) in [6, 6.07) is 9.34. The number of likely N-dealkylation sites (N-methyl/N-ethyl adjacent to an activating group) is 1. The number of aromatic nitrogens is 1. The molecule has 0 radical (unpaired) electrons. The van der Waals surface area contributed by atoms with Crippen LogP contribution in [0.2, 0.25) is 0 Å². The van der Waals surface area contributed by atoms with Gasteiger partial charge >= 0.3 is 6.03 Å². The molecular weight excluding hydrogens is 528 g/mol. The average Bonchev–Trinajstić information content (AvgIpc) is 3.60. The number of hydrogen-bond donors (Lipinski definition) is 2. The van der Waals surface area contributed by atoms with Crippen LogP contribution in [0.5, 0.6) is 11.5 Å². The number of carbonyl (C=O) groups is 2. The molecule has 1 fully saturated rings.